The molecule has 0 spiro atoms. The van der Waals surface area contributed by atoms with Gasteiger partial charge < -0.3 is 19.6 Å². The van der Waals surface area contributed by atoms with Crippen LogP contribution in [0.1, 0.15) is 0 Å². The second-order valence-corrected chi connectivity index (χ2v) is 5.75. The minimum atomic E-state index is -0.250. The number of rotatable bonds is 5. The number of anilines is 1. The first-order valence-electron chi connectivity index (χ1n) is 8.24. The molecular weight excluding hydrogens is 330 g/mol. The number of fused-ring (bicyclic) bond motifs is 1. The highest BCUT2D eigenvalue weighted by Gasteiger charge is 2.08. The molecule has 2 amide bonds. The molecule has 26 heavy (non-hydrogen) atoms. The van der Waals surface area contributed by atoms with Crippen molar-refractivity contribution in [3.8, 4) is 11.5 Å². The van der Waals surface area contributed by atoms with E-state index >= 15 is 0 Å². The van der Waals surface area contributed by atoms with E-state index in [2.05, 4.69) is 20.6 Å². The summed E-state index contributed by atoms with van der Waals surface area (Å²) in [6.45, 7) is 1.19. The molecule has 0 aliphatic heterocycles. The number of nitrogens with one attached hydrogen (secondary N) is 2. The number of carbonyl (C=O) groups is 1. The Morgan fingerprint density at radius 3 is 2.73 bits per heavy atom. The molecule has 4 rings (SSSR count). The maximum atomic E-state index is 11.9. The van der Waals surface area contributed by atoms with Gasteiger partial charge in [-0.1, -0.05) is 12.1 Å². The van der Waals surface area contributed by atoms with E-state index in [9.17, 15) is 4.79 Å². The molecule has 2 N–H and O–H groups in total. The van der Waals surface area contributed by atoms with Gasteiger partial charge in [0.15, 0.2) is 5.58 Å². The zero-order valence-corrected chi connectivity index (χ0v) is 13.9. The quantitative estimate of drug-likeness (QED) is 0.578. The number of benzene rings is 2. The second-order valence-electron chi connectivity index (χ2n) is 5.75. The zero-order valence-electron chi connectivity index (χ0n) is 13.9. The monoisotopic (exact) mass is 347 g/mol. The summed E-state index contributed by atoms with van der Waals surface area (Å²) in [6, 6.07) is 14.8. The maximum absolute atomic E-state index is 11.9. The third kappa shape index (κ3) is 3.56. The molecule has 0 aliphatic rings. The molecule has 0 atom stereocenters. The van der Waals surface area contributed by atoms with Gasteiger partial charge in [-0.3, -0.25) is 0 Å². The van der Waals surface area contributed by atoms with E-state index in [1.54, 1.807) is 12.5 Å². The molecule has 0 bridgehead atoms. The minimum absolute atomic E-state index is 0.250. The van der Waals surface area contributed by atoms with Crippen molar-refractivity contribution in [2.45, 2.75) is 6.54 Å². The zero-order chi connectivity index (χ0) is 17.8. The first kappa shape index (κ1) is 15.9. The molecule has 0 aliphatic carbocycles. The van der Waals surface area contributed by atoms with Crippen molar-refractivity contribution in [1.29, 1.82) is 0 Å². The van der Waals surface area contributed by atoms with Crippen LogP contribution in [0.25, 0.3) is 22.6 Å². The number of hydrogen-bond acceptors (Lipinski definition) is 4. The summed E-state index contributed by atoms with van der Waals surface area (Å²) in [5.74, 6) is 0.558. The van der Waals surface area contributed by atoms with Crippen LogP contribution in [-0.4, -0.2) is 27.1 Å². The number of nitrogens with zero attached hydrogens (tertiary/aromatic N) is 3. The van der Waals surface area contributed by atoms with Crippen LogP contribution in [0.4, 0.5) is 10.5 Å². The van der Waals surface area contributed by atoms with Crippen LogP contribution in [-0.2, 0) is 6.54 Å². The Labute approximate surface area is 149 Å². The van der Waals surface area contributed by atoms with Crippen molar-refractivity contribution in [1.82, 2.24) is 19.9 Å². The molecule has 7 heteroatoms. The van der Waals surface area contributed by atoms with Gasteiger partial charge in [-0.2, -0.15) is 0 Å². The Bertz CT molecular complexity index is 973. The van der Waals surface area contributed by atoms with E-state index < -0.39 is 0 Å². The summed E-state index contributed by atoms with van der Waals surface area (Å²) in [5, 5.41) is 5.61. The Kier molecular flexibility index (Phi) is 4.34. The third-order valence-electron chi connectivity index (χ3n) is 3.90. The molecule has 0 fully saturated rings. The van der Waals surface area contributed by atoms with Crippen LogP contribution in [0, 0.1) is 0 Å². The summed E-state index contributed by atoms with van der Waals surface area (Å²) in [7, 11) is 0. The van der Waals surface area contributed by atoms with E-state index in [1.165, 1.54) is 0 Å². The molecule has 0 saturated carbocycles. The number of amides is 2. The topological polar surface area (TPSA) is 85.0 Å². The van der Waals surface area contributed by atoms with Gasteiger partial charge in [-0.25, -0.2) is 14.8 Å². The fourth-order valence-electron chi connectivity index (χ4n) is 2.58. The van der Waals surface area contributed by atoms with Gasteiger partial charge in [-0.05, 0) is 36.4 Å². The summed E-state index contributed by atoms with van der Waals surface area (Å²) in [5.41, 5.74) is 3.13. The Balaban J connectivity index is 1.35. The molecule has 2 aromatic heterocycles. The summed E-state index contributed by atoms with van der Waals surface area (Å²) < 4.78 is 7.64. The second kappa shape index (κ2) is 7.10. The molecule has 4 aromatic rings. The van der Waals surface area contributed by atoms with Crippen molar-refractivity contribution >= 4 is 22.8 Å². The Morgan fingerprint density at radius 2 is 1.96 bits per heavy atom. The first-order valence-corrected chi connectivity index (χ1v) is 8.24. The van der Waals surface area contributed by atoms with E-state index in [0.29, 0.717) is 24.7 Å². The summed E-state index contributed by atoms with van der Waals surface area (Å²) in [4.78, 5) is 20.4. The fourth-order valence-corrected chi connectivity index (χ4v) is 2.58. The first-order chi connectivity index (χ1) is 12.8. The van der Waals surface area contributed by atoms with Gasteiger partial charge in [0.2, 0.25) is 5.89 Å². The van der Waals surface area contributed by atoms with Crippen LogP contribution >= 0.6 is 0 Å². The van der Waals surface area contributed by atoms with Gasteiger partial charge in [0.1, 0.15) is 5.52 Å². The van der Waals surface area contributed by atoms with E-state index in [4.69, 9.17) is 4.42 Å². The van der Waals surface area contributed by atoms with Gasteiger partial charge in [0.05, 0.1) is 6.33 Å². The van der Waals surface area contributed by atoms with Crippen LogP contribution in [0.5, 0.6) is 0 Å². The van der Waals surface area contributed by atoms with Gasteiger partial charge in [-0.15, -0.1) is 0 Å². The number of hydrogen-bond donors (Lipinski definition) is 2. The van der Waals surface area contributed by atoms with E-state index in [1.807, 2.05) is 59.3 Å². The molecular formula is C19H17N5O2. The number of para-hydroxylation sites is 2. The standard InChI is InChI=1S/C19H17N5O2/c25-19(21-10-12-24-11-9-20-13-24)22-15-7-5-14(6-8-15)18-23-16-3-1-2-4-17(16)26-18/h1-9,11,13H,10,12H2,(H2,21,22,25). The lowest BCUT2D eigenvalue weighted by Gasteiger charge is -2.08. The number of oxazole rings is 1. The average Bonchev–Trinajstić information content (AvgIpc) is 3.31. The predicted molar refractivity (Wildman–Crippen MR) is 98.7 cm³/mol. The Morgan fingerprint density at radius 1 is 1.12 bits per heavy atom. The van der Waals surface area contributed by atoms with Crippen LogP contribution in [0.15, 0.2) is 71.7 Å². The van der Waals surface area contributed by atoms with Crippen molar-refractivity contribution in [2.24, 2.45) is 0 Å². The molecule has 2 heterocycles. The highest BCUT2D eigenvalue weighted by Crippen LogP contribution is 2.25. The maximum Gasteiger partial charge on any atom is 0.319 e. The van der Waals surface area contributed by atoms with Crippen molar-refractivity contribution in [3.05, 3.63) is 67.3 Å². The van der Waals surface area contributed by atoms with E-state index in [0.717, 1.165) is 16.7 Å². The van der Waals surface area contributed by atoms with Gasteiger partial charge >= 0.3 is 6.03 Å². The van der Waals surface area contributed by atoms with Crippen LogP contribution < -0.4 is 10.6 Å². The molecule has 0 unspecified atom stereocenters. The van der Waals surface area contributed by atoms with Crippen LogP contribution in [0.3, 0.4) is 0 Å². The fraction of sp³-hybridized carbons (Fsp3) is 0.105. The van der Waals surface area contributed by atoms with Gasteiger partial charge in [0.25, 0.3) is 0 Å². The number of aromatic nitrogens is 3. The lowest BCUT2D eigenvalue weighted by atomic mass is 10.2. The molecule has 2 aromatic carbocycles. The van der Waals surface area contributed by atoms with Gasteiger partial charge in [0, 0.05) is 36.7 Å². The van der Waals surface area contributed by atoms with Crippen LogP contribution in [0.2, 0.25) is 0 Å². The normalized spacial score (nSPS) is 10.8. The minimum Gasteiger partial charge on any atom is -0.436 e. The smallest absolute Gasteiger partial charge is 0.319 e. The largest absolute Gasteiger partial charge is 0.436 e. The lowest BCUT2D eigenvalue weighted by Crippen LogP contribution is -2.31. The molecule has 130 valence electrons. The predicted octanol–water partition coefficient (Wildman–Crippen LogP) is 3.51. The van der Waals surface area contributed by atoms with E-state index in [-0.39, 0.29) is 6.03 Å². The SMILES string of the molecule is O=C(NCCn1ccnc1)Nc1ccc(-c2nc3ccccc3o2)cc1. The number of urea groups is 1. The van der Waals surface area contributed by atoms with Crippen molar-refractivity contribution in [3.63, 3.8) is 0 Å². The van der Waals surface area contributed by atoms with Crippen molar-refractivity contribution in [2.75, 3.05) is 11.9 Å². The molecule has 0 saturated heterocycles. The molecule has 7 nitrogen and oxygen atoms in total. The molecule has 0 radical (unpaired) electrons. The lowest BCUT2D eigenvalue weighted by molar-refractivity contribution is 0.251. The summed E-state index contributed by atoms with van der Waals surface area (Å²) >= 11 is 0. The number of carbonyl (C=O) groups excluding carboxylic acids is 1. The Hall–Kier alpha value is -3.61. The number of imidazole rings is 1. The third-order valence-corrected chi connectivity index (χ3v) is 3.90. The highest BCUT2D eigenvalue weighted by atomic mass is 16.3. The summed E-state index contributed by atoms with van der Waals surface area (Å²) in [6.07, 6.45) is 5.27. The highest BCUT2D eigenvalue weighted by molar-refractivity contribution is 5.89. The van der Waals surface area contributed by atoms with Crippen molar-refractivity contribution < 1.29 is 9.21 Å². The average molecular weight is 347 g/mol.